The molecule has 1 rings (SSSR count). The molecule has 0 aromatic carbocycles. The summed E-state index contributed by atoms with van der Waals surface area (Å²) < 4.78 is 16.1. The molecule has 0 aliphatic carbocycles. The Bertz CT molecular complexity index is 336. The zero-order valence-electron chi connectivity index (χ0n) is 7.86. The SMILES string of the molecule is CCOC(=O)O.O=C(O)c1[nH]ccc1F. The summed E-state index contributed by atoms with van der Waals surface area (Å²) in [5, 5.41) is 15.9. The average Bonchev–Trinajstić information content (AvgIpc) is 2.52. The van der Waals surface area contributed by atoms with Gasteiger partial charge < -0.3 is 19.9 Å². The van der Waals surface area contributed by atoms with E-state index in [2.05, 4.69) is 9.72 Å². The highest BCUT2D eigenvalue weighted by Gasteiger charge is 2.08. The number of hydrogen-bond acceptors (Lipinski definition) is 3. The number of carboxylic acids is 1. The molecule has 1 heterocycles. The van der Waals surface area contributed by atoms with Gasteiger partial charge in [0.15, 0.2) is 11.5 Å². The van der Waals surface area contributed by atoms with Crippen LogP contribution in [0.3, 0.4) is 0 Å². The summed E-state index contributed by atoms with van der Waals surface area (Å²) in [5.41, 5.74) is -0.394. The summed E-state index contributed by atoms with van der Waals surface area (Å²) in [6.45, 7) is 1.85. The lowest BCUT2D eigenvalue weighted by Gasteiger charge is -1.87. The summed E-state index contributed by atoms with van der Waals surface area (Å²) in [6.07, 6.45) is 0.0243. The maximum Gasteiger partial charge on any atom is 0.505 e. The number of carboxylic acid groups (broad SMARTS) is 2. The van der Waals surface area contributed by atoms with Crippen molar-refractivity contribution in [3.05, 3.63) is 23.8 Å². The minimum absolute atomic E-state index is 0.231. The second-order valence-electron chi connectivity index (χ2n) is 2.20. The van der Waals surface area contributed by atoms with E-state index < -0.39 is 23.6 Å². The summed E-state index contributed by atoms with van der Waals surface area (Å²) in [7, 11) is 0. The molecule has 0 saturated heterocycles. The standard InChI is InChI=1S/C5H4FNO2.C3H6O3/c6-3-1-2-7-4(3)5(8)9;1-2-6-3(4)5/h1-2,7H,(H,8,9);2H2,1H3,(H,4,5). The van der Waals surface area contributed by atoms with E-state index in [9.17, 15) is 14.0 Å². The molecule has 7 heteroatoms. The van der Waals surface area contributed by atoms with Gasteiger partial charge in [-0.1, -0.05) is 0 Å². The predicted molar refractivity (Wildman–Crippen MR) is 47.4 cm³/mol. The summed E-state index contributed by atoms with van der Waals surface area (Å²) in [4.78, 5) is 21.6. The lowest BCUT2D eigenvalue weighted by Crippen LogP contribution is -1.98. The van der Waals surface area contributed by atoms with Gasteiger partial charge in [-0.25, -0.2) is 14.0 Å². The molecule has 1 aromatic rings. The zero-order chi connectivity index (χ0) is 11.8. The molecule has 0 radical (unpaired) electrons. The van der Waals surface area contributed by atoms with Crippen LogP contribution in [0.15, 0.2) is 12.3 Å². The highest BCUT2D eigenvalue weighted by molar-refractivity contribution is 5.85. The number of aromatic nitrogens is 1. The Balaban J connectivity index is 0.000000288. The number of H-pyrrole nitrogens is 1. The fourth-order valence-corrected chi connectivity index (χ4v) is 0.638. The van der Waals surface area contributed by atoms with Gasteiger partial charge in [0.25, 0.3) is 0 Å². The van der Waals surface area contributed by atoms with Gasteiger partial charge in [0, 0.05) is 6.20 Å². The molecule has 3 N–H and O–H groups in total. The largest absolute Gasteiger partial charge is 0.505 e. The summed E-state index contributed by atoms with van der Waals surface area (Å²) >= 11 is 0. The Morgan fingerprint density at radius 1 is 1.53 bits per heavy atom. The minimum atomic E-state index is -1.28. The Morgan fingerprint density at radius 3 is 2.27 bits per heavy atom. The van der Waals surface area contributed by atoms with Crippen molar-refractivity contribution >= 4 is 12.1 Å². The van der Waals surface area contributed by atoms with Crippen LogP contribution in [0.25, 0.3) is 0 Å². The number of ether oxygens (including phenoxy) is 1. The first-order chi connectivity index (χ1) is 6.99. The molecule has 15 heavy (non-hydrogen) atoms. The Kier molecular flexibility index (Phi) is 5.53. The van der Waals surface area contributed by atoms with Crippen LogP contribution in [-0.4, -0.2) is 33.9 Å². The molecule has 0 amide bonds. The molecule has 0 unspecified atom stereocenters. The third kappa shape index (κ3) is 5.29. The van der Waals surface area contributed by atoms with E-state index in [4.69, 9.17) is 10.2 Å². The third-order valence-corrected chi connectivity index (χ3v) is 1.18. The predicted octanol–water partition coefficient (Wildman–Crippen LogP) is 1.55. The van der Waals surface area contributed by atoms with Gasteiger partial charge in [-0.3, -0.25) is 0 Å². The van der Waals surface area contributed by atoms with Crippen molar-refractivity contribution in [1.82, 2.24) is 4.98 Å². The minimum Gasteiger partial charge on any atom is -0.476 e. The molecule has 0 fully saturated rings. The van der Waals surface area contributed by atoms with Gasteiger partial charge in [-0.05, 0) is 13.0 Å². The van der Waals surface area contributed by atoms with Gasteiger partial charge in [0.2, 0.25) is 0 Å². The Labute approximate surface area is 84.3 Å². The fraction of sp³-hybridized carbons (Fsp3) is 0.250. The lowest BCUT2D eigenvalue weighted by molar-refractivity contribution is 0.0685. The maximum absolute atomic E-state index is 12.2. The fourth-order valence-electron chi connectivity index (χ4n) is 0.638. The van der Waals surface area contributed by atoms with Gasteiger partial charge >= 0.3 is 12.1 Å². The van der Waals surface area contributed by atoms with Crippen molar-refractivity contribution in [1.29, 1.82) is 0 Å². The molecular weight excluding hydrogens is 209 g/mol. The van der Waals surface area contributed by atoms with E-state index >= 15 is 0 Å². The second kappa shape index (κ2) is 6.41. The smallest absolute Gasteiger partial charge is 0.476 e. The van der Waals surface area contributed by atoms with E-state index in [1.54, 1.807) is 6.92 Å². The first kappa shape index (κ1) is 12.9. The topological polar surface area (TPSA) is 99.6 Å². The van der Waals surface area contributed by atoms with E-state index in [0.29, 0.717) is 0 Å². The maximum atomic E-state index is 12.2. The van der Waals surface area contributed by atoms with Crippen LogP contribution in [0.1, 0.15) is 17.4 Å². The quantitative estimate of drug-likeness (QED) is 0.655. The molecule has 0 aliphatic rings. The van der Waals surface area contributed by atoms with E-state index in [0.717, 1.165) is 6.07 Å². The lowest BCUT2D eigenvalue weighted by atomic mass is 10.4. The number of hydrogen-bond donors (Lipinski definition) is 3. The van der Waals surface area contributed by atoms with Crippen molar-refractivity contribution in [3.63, 3.8) is 0 Å². The van der Waals surface area contributed by atoms with Gasteiger partial charge in [0.05, 0.1) is 6.61 Å². The summed E-state index contributed by atoms with van der Waals surface area (Å²) in [5.74, 6) is -2.01. The van der Waals surface area contributed by atoms with E-state index in [1.165, 1.54) is 6.20 Å². The molecule has 1 aromatic heterocycles. The number of nitrogens with one attached hydrogen (secondary N) is 1. The molecule has 84 valence electrons. The van der Waals surface area contributed by atoms with Crippen LogP contribution < -0.4 is 0 Å². The van der Waals surface area contributed by atoms with Crippen molar-refractivity contribution in [2.45, 2.75) is 6.92 Å². The van der Waals surface area contributed by atoms with Crippen LogP contribution in [0, 0.1) is 5.82 Å². The first-order valence-electron chi connectivity index (χ1n) is 3.91. The van der Waals surface area contributed by atoms with Crippen LogP contribution in [0.2, 0.25) is 0 Å². The van der Waals surface area contributed by atoms with Crippen molar-refractivity contribution in [2.24, 2.45) is 0 Å². The van der Waals surface area contributed by atoms with Crippen molar-refractivity contribution < 1.29 is 28.9 Å². The first-order valence-corrected chi connectivity index (χ1v) is 3.91. The molecule has 0 atom stereocenters. The molecule has 0 spiro atoms. The number of aromatic carboxylic acids is 1. The molecular formula is C8H10FNO5. The Hall–Kier alpha value is -2.05. The van der Waals surface area contributed by atoms with Gasteiger partial charge in [-0.2, -0.15) is 0 Å². The van der Waals surface area contributed by atoms with E-state index in [-0.39, 0.29) is 6.61 Å². The highest BCUT2D eigenvalue weighted by Crippen LogP contribution is 2.01. The van der Waals surface area contributed by atoms with Gasteiger partial charge in [-0.15, -0.1) is 0 Å². The number of carbonyl (C=O) groups is 2. The van der Waals surface area contributed by atoms with Crippen molar-refractivity contribution in [3.8, 4) is 0 Å². The molecule has 0 aliphatic heterocycles. The average molecular weight is 219 g/mol. The normalized spacial score (nSPS) is 8.67. The van der Waals surface area contributed by atoms with Crippen LogP contribution in [0.5, 0.6) is 0 Å². The third-order valence-electron chi connectivity index (χ3n) is 1.18. The summed E-state index contributed by atoms with van der Waals surface area (Å²) in [6, 6.07) is 1.06. The van der Waals surface area contributed by atoms with E-state index in [1.807, 2.05) is 0 Å². The van der Waals surface area contributed by atoms with Gasteiger partial charge in [0.1, 0.15) is 0 Å². The van der Waals surface area contributed by atoms with Crippen molar-refractivity contribution in [2.75, 3.05) is 6.61 Å². The monoisotopic (exact) mass is 219 g/mol. The second-order valence-corrected chi connectivity index (χ2v) is 2.20. The van der Waals surface area contributed by atoms with Crippen LogP contribution in [-0.2, 0) is 4.74 Å². The van der Waals surface area contributed by atoms with Crippen LogP contribution in [0.4, 0.5) is 9.18 Å². The molecule has 6 nitrogen and oxygen atoms in total. The van der Waals surface area contributed by atoms with Crippen LogP contribution >= 0.6 is 0 Å². The number of rotatable bonds is 2. The Morgan fingerprint density at radius 2 is 2.13 bits per heavy atom. The highest BCUT2D eigenvalue weighted by atomic mass is 19.1. The number of aromatic amines is 1. The number of halogens is 1. The molecule has 0 bridgehead atoms. The molecule has 0 saturated carbocycles. The zero-order valence-corrected chi connectivity index (χ0v) is 7.86.